The number of ether oxygens (including phenoxy) is 1. The lowest BCUT2D eigenvalue weighted by molar-refractivity contribution is 0.0376. The number of fused-ring (bicyclic) bond motifs is 6. The molecule has 4 aliphatic rings. The second-order valence-corrected chi connectivity index (χ2v) is 28.4. The van der Waals surface area contributed by atoms with Crippen LogP contribution in [0.3, 0.4) is 0 Å². The zero-order valence-corrected chi connectivity index (χ0v) is 57.4. The Morgan fingerprint density at radius 2 is 0.870 bits per heavy atom. The number of nitrogens with zero attached hydrogens (tertiary/aromatic N) is 6. The molecule has 9 aromatic carbocycles. The molecule has 1 aliphatic carbocycles. The van der Waals surface area contributed by atoms with E-state index in [0.29, 0.717) is 111 Å². The van der Waals surface area contributed by atoms with Gasteiger partial charge in [-0.1, -0.05) is 97.1 Å². The van der Waals surface area contributed by atoms with Gasteiger partial charge in [-0.05, 0) is 148 Å². The summed E-state index contributed by atoms with van der Waals surface area (Å²) < 4.78 is 90.8. The van der Waals surface area contributed by atoms with Gasteiger partial charge in [-0.15, -0.1) is 0 Å². The summed E-state index contributed by atoms with van der Waals surface area (Å²) in [6, 6.07) is 55.3. The number of anilines is 5. The van der Waals surface area contributed by atoms with Crippen LogP contribution in [0.2, 0.25) is 0 Å². The first-order chi connectivity index (χ1) is 48.0. The molecule has 10 aromatic rings. The number of aromatic hydroxyl groups is 1. The third-order valence-electron chi connectivity index (χ3n) is 19.4. The molecule has 18 nitrogen and oxygen atoms in total. The molecular weight excluding hydrogens is 1300 g/mol. The van der Waals surface area contributed by atoms with Crippen molar-refractivity contribution in [3.63, 3.8) is 0 Å². The van der Waals surface area contributed by atoms with Crippen molar-refractivity contribution in [1.82, 2.24) is 9.80 Å². The molecule has 1 N–H and O–H groups in total. The predicted molar refractivity (Wildman–Crippen MR) is 387 cm³/mol. The Hall–Kier alpha value is -11.0. The smallest absolute Gasteiger partial charge is 0.363 e. The van der Waals surface area contributed by atoms with E-state index in [-0.39, 0.29) is 57.6 Å². The molecule has 4 heterocycles. The van der Waals surface area contributed by atoms with Gasteiger partial charge in [0.2, 0.25) is 6.10 Å². The van der Waals surface area contributed by atoms with Crippen LogP contribution >= 0.6 is 0 Å². The predicted octanol–water partition coefficient (Wildman–Crippen LogP) is 14.0. The molecule has 0 radical (unpaired) electrons. The van der Waals surface area contributed by atoms with Crippen molar-refractivity contribution >= 4 is 99.8 Å². The molecular formula is C80H70N6O12S2. The third kappa shape index (κ3) is 12.2. The minimum atomic E-state index is -4.97. The van der Waals surface area contributed by atoms with E-state index in [1.54, 1.807) is 72.8 Å². The highest BCUT2D eigenvalue weighted by molar-refractivity contribution is 7.86. The number of allylic oxidation sites excluding steroid dienone is 1. The van der Waals surface area contributed by atoms with Crippen LogP contribution in [0.5, 0.6) is 5.75 Å². The molecule has 0 spiro atoms. The molecule has 0 fully saturated rings. The fourth-order valence-corrected chi connectivity index (χ4v) is 15.9. The largest absolute Gasteiger partial charge is 0.744 e. The highest BCUT2D eigenvalue weighted by atomic mass is 32.2. The Balaban J connectivity index is 0.772. The lowest BCUT2D eigenvalue weighted by Gasteiger charge is -2.34. The Morgan fingerprint density at radius 1 is 0.450 bits per heavy atom. The van der Waals surface area contributed by atoms with Gasteiger partial charge in [-0.2, -0.15) is 0 Å². The van der Waals surface area contributed by atoms with Crippen molar-refractivity contribution in [1.29, 1.82) is 0 Å². The quantitative estimate of drug-likeness (QED) is 0.0282. The van der Waals surface area contributed by atoms with Gasteiger partial charge < -0.3 is 33.4 Å². The van der Waals surface area contributed by atoms with Crippen LogP contribution in [0.25, 0.3) is 38.6 Å². The SMILES string of the molecule is Cc1cccc(C)c1N(CCCN1C(=O)c2ccccc2C1=O)C1=CC2[OH+]c3cc(N(C)CCN(C)c4ccc5c(-c6ccccc6S(=O)(=O)[O-])c6ccc(N(CCCN7C(=O)c8ccccc8C7=O)c7c(C)cccc7C)cc6[o+]c5c4)ccc3C(c3ccccc3S(=O)(=O)[O-])=C2C=C1. The Labute approximate surface area is 580 Å². The minimum absolute atomic E-state index is 0.174. The number of carbonyl (C=O) groups is 4. The molecule has 20 heteroatoms. The number of aliphatic hydroxyl groups is 1. The van der Waals surface area contributed by atoms with Crippen molar-refractivity contribution in [3.8, 4) is 16.9 Å². The second-order valence-electron chi connectivity index (χ2n) is 25.7. The molecule has 0 saturated carbocycles. The summed E-state index contributed by atoms with van der Waals surface area (Å²) in [7, 11) is -6.01. The fraction of sp³-hybridized carbons (Fsp3) is 0.188. The maximum atomic E-state index is 13.5. The number of likely N-dealkylation sites (N-methyl/N-ethyl adjacent to an activating group) is 2. The molecule has 100 heavy (non-hydrogen) atoms. The topological polar surface area (TPSA) is 226 Å². The maximum Gasteiger partial charge on any atom is 0.363 e. The number of hydrogen-bond acceptors (Lipinski definition) is 14. The number of para-hydroxylation sites is 2. The fourth-order valence-electron chi connectivity index (χ4n) is 14.5. The first kappa shape index (κ1) is 66.2. The highest BCUT2D eigenvalue weighted by Crippen LogP contribution is 2.48. The number of rotatable bonds is 21. The van der Waals surface area contributed by atoms with Crippen molar-refractivity contribution in [2.45, 2.75) is 56.4 Å². The van der Waals surface area contributed by atoms with Gasteiger partial charge in [0, 0.05) is 110 Å². The van der Waals surface area contributed by atoms with Crippen LogP contribution in [0, 0.1) is 27.7 Å². The number of benzene rings is 9. The Morgan fingerprint density at radius 3 is 1.38 bits per heavy atom. The van der Waals surface area contributed by atoms with Crippen molar-refractivity contribution in [2.75, 3.05) is 73.0 Å². The molecule has 0 bridgehead atoms. The summed E-state index contributed by atoms with van der Waals surface area (Å²) >= 11 is 0. The van der Waals surface area contributed by atoms with Crippen molar-refractivity contribution in [2.24, 2.45) is 0 Å². The molecule has 1 aromatic heterocycles. The second kappa shape index (κ2) is 26.3. The molecule has 504 valence electrons. The first-order valence-electron chi connectivity index (χ1n) is 33.0. The van der Waals surface area contributed by atoms with Gasteiger partial charge in [-0.25, -0.2) is 21.3 Å². The zero-order chi connectivity index (χ0) is 70.1. The number of carbonyl (C=O) groups excluding carboxylic acids is 4. The molecule has 14 rings (SSSR count). The van der Waals surface area contributed by atoms with Gasteiger partial charge in [0.25, 0.3) is 29.4 Å². The van der Waals surface area contributed by atoms with Gasteiger partial charge in [-0.3, -0.25) is 29.0 Å². The van der Waals surface area contributed by atoms with Crippen molar-refractivity contribution < 1.29 is 54.3 Å². The molecule has 1 atom stereocenters. The maximum absolute atomic E-state index is 13.5. The van der Waals surface area contributed by atoms with Gasteiger partial charge in [0.15, 0.2) is 0 Å². The lowest BCUT2D eigenvalue weighted by atomic mass is 9.85. The number of amides is 4. The lowest BCUT2D eigenvalue weighted by Crippen LogP contribution is -2.34. The molecule has 1 unspecified atom stereocenters. The summed E-state index contributed by atoms with van der Waals surface area (Å²) in [6.07, 6.45) is 6.14. The van der Waals surface area contributed by atoms with E-state index in [4.69, 9.17) is 9.15 Å². The van der Waals surface area contributed by atoms with E-state index in [1.807, 2.05) is 151 Å². The molecule has 0 saturated heterocycles. The van der Waals surface area contributed by atoms with Crippen LogP contribution in [0.4, 0.5) is 28.4 Å². The van der Waals surface area contributed by atoms with E-state index in [0.717, 1.165) is 56.4 Å². The van der Waals surface area contributed by atoms with Gasteiger partial charge >= 0.3 is 11.2 Å². The van der Waals surface area contributed by atoms with Crippen LogP contribution in [0.15, 0.2) is 232 Å². The normalized spacial score (nSPS) is 14.9. The average Bonchev–Trinajstić information content (AvgIpc) is 1.27. The summed E-state index contributed by atoms with van der Waals surface area (Å²) in [5.74, 6) is -0.742. The number of imide groups is 2. The summed E-state index contributed by atoms with van der Waals surface area (Å²) in [6.45, 7) is 10.3. The standard InChI is InChI=1S/C80H70N6O12S2/c1-49-19-15-20-50(2)75(49)83(39-17-41-85-77(87)57-23-7-8-24-58(57)78(85)88)55-33-37-63-69(47-55)97-67-45-53(31-35-61(67)73(63)65-27-11-13-29-71(65)99(91,92)93)81(5)43-44-82(6)54-32-36-62-68(46-54)98-70-48-56(34-38-64(70)74(62)66-28-12-14-30-72(66)100(94,95)96)84(76-51(3)21-16-22-52(76)4)40-18-42-86-79(89)59-25-9-10-26-60(59)80(86)90/h7-16,19-38,45-48,69H,17-18,39-44H2,1-6H3,(H-,91,92,93,94,95,96). The Bertz CT molecular complexity index is 5320. The van der Waals surface area contributed by atoms with Gasteiger partial charge in [0.1, 0.15) is 20.2 Å². The van der Waals surface area contributed by atoms with E-state index in [1.165, 1.54) is 34.1 Å². The molecule has 3 aliphatic heterocycles. The average molecular weight is 1370 g/mol. The third-order valence-corrected chi connectivity index (χ3v) is 21.2. The van der Waals surface area contributed by atoms with Crippen LogP contribution in [-0.2, 0) is 20.2 Å². The number of aryl methyl sites for hydroxylation is 4. The van der Waals surface area contributed by atoms with Crippen LogP contribution < -0.4 is 19.6 Å². The monoisotopic (exact) mass is 1370 g/mol. The van der Waals surface area contributed by atoms with E-state index in [9.17, 15) is 45.1 Å². The van der Waals surface area contributed by atoms with Crippen LogP contribution in [-0.4, -0.2) is 124 Å². The van der Waals surface area contributed by atoms with E-state index in [2.05, 4.69) is 19.6 Å². The molecule has 4 amide bonds. The van der Waals surface area contributed by atoms with Crippen molar-refractivity contribution in [3.05, 3.63) is 273 Å². The first-order valence-corrected chi connectivity index (χ1v) is 35.8. The summed E-state index contributed by atoms with van der Waals surface area (Å²) in [5.41, 5.74) is 14.2. The van der Waals surface area contributed by atoms with Crippen LogP contribution in [0.1, 0.15) is 87.7 Å². The summed E-state index contributed by atoms with van der Waals surface area (Å²) in [5, 5.41) is 1.12. The van der Waals surface area contributed by atoms with E-state index < -0.39 is 26.3 Å². The zero-order valence-electron chi connectivity index (χ0n) is 55.8. The van der Waals surface area contributed by atoms with Gasteiger partial charge in [0.05, 0.1) is 77.8 Å². The minimum Gasteiger partial charge on any atom is -0.744 e. The highest BCUT2D eigenvalue weighted by Gasteiger charge is 2.39. The van der Waals surface area contributed by atoms with E-state index >= 15 is 0 Å². The Kier molecular flexibility index (Phi) is 17.4. The summed E-state index contributed by atoms with van der Waals surface area (Å²) in [4.78, 5) is 64.3. The number of hydrogen-bond donors (Lipinski definition) is 0.